The molecule has 3 nitrogen and oxygen atoms in total. The first kappa shape index (κ1) is 14.8. The third-order valence-electron chi connectivity index (χ3n) is 3.34. The van der Waals surface area contributed by atoms with Crippen LogP contribution in [0.5, 0.6) is 0 Å². The number of benzene rings is 1. The molecule has 1 N–H and O–H groups in total. The quantitative estimate of drug-likeness (QED) is 0.927. The summed E-state index contributed by atoms with van der Waals surface area (Å²) in [6.45, 7) is 4.95. The fourth-order valence-electron chi connectivity index (χ4n) is 2.28. The van der Waals surface area contributed by atoms with Crippen molar-refractivity contribution >= 4 is 23.1 Å². The molecular formula is C16H20ClN3. The second-order valence-electron chi connectivity index (χ2n) is 5.01. The van der Waals surface area contributed by atoms with Crippen LogP contribution in [0.2, 0.25) is 5.02 Å². The Bertz CT molecular complexity index is 611. The first-order chi connectivity index (χ1) is 9.52. The third kappa shape index (κ3) is 3.11. The lowest BCUT2D eigenvalue weighted by Crippen LogP contribution is -2.14. The van der Waals surface area contributed by atoms with Gasteiger partial charge < -0.3 is 10.2 Å². The Morgan fingerprint density at radius 2 is 2.00 bits per heavy atom. The van der Waals surface area contributed by atoms with Crippen molar-refractivity contribution in [1.29, 1.82) is 0 Å². The summed E-state index contributed by atoms with van der Waals surface area (Å²) in [4.78, 5) is 6.51. The van der Waals surface area contributed by atoms with E-state index < -0.39 is 0 Å². The summed E-state index contributed by atoms with van der Waals surface area (Å²) in [5, 5.41) is 3.81. The molecule has 0 radical (unpaired) electrons. The van der Waals surface area contributed by atoms with Crippen LogP contribution in [0.3, 0.4) is 0 Å². The molecule has 1 heterocycles. The Labute approximate surface area is 125 Å². The van der Waals surface area contributed by atoms with Gasteiger partial charge in [0, 0.05) is 25.5 Å². The lowest BCUT2D eigenvalue weighted by Gasteiger charge is -2.21. The fraction of sp³-hybridized carbons (Fsp3) is 0.312. The van der Waals surface area contributed by atoms with E-state index in [1.54, 1.807) is 6.20 Å². The molecule has 0 fully saturated rings. The maximum atomic E-state index is 6.16. The molecule has 0 saturated heterocycles. The fourth-order valence-corrected chi connectivity index (χ4v) is 2.45. The Morgan fingerprint density at radius 3 is 2.65 bits per heavy atom. The van der Waals surface area contributed by atoms with E-state index in [2.05, 4.69) is 47.2 Å². The van der Waals surface area contributed by atoms with E-state index in [9.17, 15) is 0 Å². The lowest BCUT2D eigenvalue weighted by atomic mass is 10.1. The van der Waals surface area contributed by atoms with Gasteiger partial charge in [-0.2, -0.15) is 0 Å². The molecule has 0 atom stereocenters. The highest BCUT2D eigenvalue weighted by Gasteiger charge is 2.10. The van der Waals surface area contributed by atoms with Crippen molar-refractivity contribution in [2.45, 2.75) is 20.4 Å². The highest BCUT2D eigenvalue weighted by atomic mass is 35.5. The molecule has 0 aliphatic rings. The van der Waals surface area contributed by atoms with Crippen LogP contribution >= 0.6 is 11.6 Å². The van der Waals surface area contributed by atoms with Crippen molar-refractivity contribution in [2.24, 2.45) is 0 Å². The number of anilines is 2. The maximum absolute atomic E-state index is 6.16. The summed E-state index contributed by atoms with van der Waals surface area (Å²) in [5.41, 5.74) is 4.70. The Hall–Kier alpha value is -1.58. The average Bonchev–Trinajstić information content (AvgIpc) is 2.41. The summed E-state index contributed by atoms with van der Waals surface area (Å²) in [7, 11) is 3.93. The number of aryl methyl sites for hydroxylation is 2. The van der Waals surface area contributed by atoms with Crippen LogP contribution in [-0.2, 0) is 6.54 Å². The van der Waals surface area contributed by atoms with Gasteiger partial charge in [0.05, 0.1) is 5.02 Å². The largest absolute Gasteiger partial charge is 0.329 e. The van der Waals surface area contributed by atoms with E-state index >= 15 is 0 Å². The Kier molecular flexibility index (Phi) is 4.63. The number of nitrogens with one attached hydrogen (secondary N) is 1. The van der Waals surface area contributed by atoms with Crippen molar-refractivity contribution in [2.75, 3.05) is 19.0 Å². The monoisotopic (exact) mass is 289 g/mol. The van der Waals surface area contributed by atoms with Crippen molar-refractivity contribution < 1.29 is 0 Å². The smallest absolute Gasteiger partial charge is 0.133 e. The highest BCUT2D eigenvalue weighted by molar-refractivity contribution is 6.31. The molecule has 2 aromatic rings. The molecule has 106 valence electrons. The molecule has 1 aromatic heterocycles. The number of nitrogens with zero attached hydrogens (tertiary/aromatic N) is 2. The van der Waals surface area contributed by atoms with E-state index in [-0.39, 0.29) is 0 Å². The van der Waals surface area contributed by atoms with Gasteiger partial charge in [-0.1, -0.05) is 29.3 Å². The molecule has 0 saturated carbocycles. The molecule has 0 bridgehead atoms. The third-order valence-corrected chi connectivity index (χ3v) is 3.69. The number of rotatable bonds is 4. The number of pyridine rings is 1. The standard InChI is InChI=1S/C16H20ClN3/c1-11-5-6-15(12(2)7-11)20(4)16-8-13(9-18-3)14(17)10-19-16/h5-8,10,18H,9H2,1-4H3. The van der Waals surface area contributed by atoms with Gasteiger partial charge in [0.15, 0.2) is 0 Å². The highest BCUT2D eigenvalue weighted by Crippen LogP contribution is 2.28. The van der Waals surface area contributed by atoms with Crippen LogP contribution in [0.25, 0.3) is 0 Å². The maximum Gasteiger partial charge on any atom is 0.133 e. The molecule has 2 rings (SSSR count). The van der Waals surface area contributed by atoms with Crippen molar-refractivity contribution in [3.8, 4) is 0 Å². The average molecular weight is 290 g/mol. The lowest BCUT2D eigenvalue weighted by molar-refractivity contribution is 0.815. The number of halogens is 1. The minimum absolute atomic E-state index is 0.692. The molecule has 0 amide bonds. The topological polar surface area (TPSA) is 28.2 Å². The molecule has 0 spiro atoms. The number of hydrogen-bond donors (Lipinski definition) is 1. The molecule has 4 heteroatoms. The number of aromatic nitrogens is 1. The van der Waals surface area contributed by atoms with E-state index in [0.29, 0.717) is 5.02 Å². The van der Waals surface area contributed by atoms with Crippen LogP contribution < -0.4 is 10.2 Å². The van der Waals surface area contributed by atoms with E-state index in [4.69, 9.17) is 11.6 Å². The Morgan fingerprint density at radius 1 is 1.25 bits per heavy atom. The van der Waals surface area contributed by atoms with Gasteiger partial charge in [0.25, 0.3) is 0 Å². The van der Waals surface area contributed by atoms with Gasteiger partial charge in [-0.3, -0.25) is 0 Å². The van der Waals surface area contributed by atoms with Gasteiger partial charge in [0.2, 0.25) is 0 Å². The molecule has 0 unspecified atom stereocenters. The van der Waals surface area contributed by atoms with Gasteiger partial charge in [-0.25, -0.2) is 4.98 Å². The first-order valence-corrected chi connectivity index (χ1v) is 7.00. The molecule has 0 aliphatic heterocycles. The zero-order valence-corrected chi connectivity index (χ0v) is 13.1. The second kappa shape index (κ2) is 6.25. The predicted octanol–water partition coefficient (Wildman–Crippen LogP) is 3.84. The molecule has 1 aromatic carbocycles. The van der Waals surface area contributed by atoms with E-state index in [1.807, 2.05) is 20.2 Å². The minimum Gasteiger partial charge on any atom is -0.329 e. The van der Waals surface area contributed by atoms with Crippen molar-refractivity contribution in [3.63, 3.8) is 0 Å². The molecular weight excluding hydrogens is 270 g/mol. The zero-order chi connectivity index (χ0) is 14.7. The van der Waals surface area contributed by atoms with Crippen molar-refractivity contribution in [1.82, 2.24) is 10.3 Å². The SMILES string of the molecule is CNCc1cc(N(C)c2ccc(C)cc2C)ncc1Cl. The minimum atomic E-state index is 0.692. The summed E-state index contributed by atoms with van der Waals surface area (Å²) in [5.74, 6) is 0.895. The molecule has 20 heavy (non-hydrogen) atoms. The van der Waals surface area contributed by atoms with Gasteiger partial charge in [-0.05, 0) is 44.2 Å². The zero-order valence-electron chi connectivity index (χ0n) is 12.4. The van der Waals surface area contributed by atoms with E-state index in [0.717, 1.165) is 23.6 Å². The predicted molar refractivity (Wildman–Crippen MR) is 86.0 cm³/mol. The summed E-state index contributed by atoms with van der Waals surface area (Å²) in [6.07, 6.45) is 1.71. The van der Waals surface area contributed by atoms with Crippen molar-refractivity contribution in [3.05, 3.63) is 52.2 Å². The van der Waals surface area contributed by atoms with Gasteiger partial charge >= 0.3 is 0 Å². The number of hydrogen-bond acceptors (Lipinski definition) is 3. The molecule has 0 aliphatic carbocycles. The van der Waals surface area contributed by atoms with Crippen LogP contribution in [0.1, 0.15) is 16.7 Å². The Balaban J connectivity index is 2.37. The van der Waals surface area contributed by atoms with E-state index in [1.165, 1.54) is 11.1 Å². The normalized spacial score (nSPS) is 10.7. The van der Waals surface area contributed by atoms with Crippen LogP contribution in [-0.4, -0.2) is 19.1 Å². The summed E-state index contributed by atoms with van der Waals surface area (Å²) in [6, 6.07) is 8.44. The van der Waals surface area contributed by atoms with Gasteiger partial charge in [0.1, 0.15) is 5.82 Å². The summed E-state index contributed by atoms with van der Waals surface area (Å²) < 4.78 is 0. The van der Waals surface area contributed by atoms with Crippen LogP contribution in [0.15, 0.2) is 30.5 Å². The van der Waals surface area contributed by atoms with Crippen LogP contribution in [0.4, 0.5) is 11.5 Å². The summed E-state index contributed by atoms with van der Waals surface area (Å²) >= 11 is 6.16. The van der Waals surface area contributed by atoms with Crippen LogP contribution in [0, 0.1) is 13.8 Å². The second-order valence-corrected chi connectivity index (χ2v) is 5.42. The first-order valence-electron chi connectivity index (χ1n) is 6.63. The van der Waals surface area contributed by atoms with Gasteiger partial charge in [-0.15, -0.1) is 0 Å².